The van der Waals surface area contributed by atoms with Gasteiger partial charge in [-0.1, -0.05) is 29.5 Å². The zero-order valence-electron chi connectivity index (χ0n) is 18.7. The highest BCUT2D eigenvalue weighted by atomic mass is 32.1. The minimum atomic E-state index is -1.02. The van der Waals surface area contributed by atoms with Gasteiger partial charge in [0.2, 0.25) is 0 Å². The van der Waals surface area contributed by atoms with E-state index in [1.165, 1.54) is 17.4 Å². The number of carboxylic acid groups (broad SMARTS) is 1. The third-order valence-electron chi connectivity index (χ3n) is 5.64. The maximum absolute atomic E-state index is 13.1. The molecule has 0 fully saturated rings. The van der Waals surface area contributed by atoms with Crippen molar-refractivity contribution < 1.29 is 14.3 Å². The number of para-hydroxylation sites is 1. The fourth-order valence-corrected chi connectivity index (χ4v) is 4.81. The highest BCUT2D eigenvalue weighted by Crippen LogP contribution is 2.32. The molecule has 3 heterocycles. The van der Waals surface area contributed by atoms with Crippen LogP contribution < -0.4 is 10.7 Å². The molecular formula is C26H21N3O4S. The predicted molar refractivity (Wildman–Crippen MR) is 134 cm³/mol. The summed E-state index contributed by atoms with van der Waals surface area (Å²) in [7, 11) is 0. The van der Waals surface area contributed by atoms with Crippen molar-refractivity contribution in [1.29, 1.82) is 0 Å². The Balaban J connectivity index is 1.64. The van der Waals surface area contributed by atoms with E-state index >= 15 is 0 Å². The predicted octanol–water partition coefficient (Wildman–Crippen LogP) is 5.95. The van der Waals surface area contributed by atoms with E-state index in [-0.39, 0.29) is 17.0 Å². The molecule has 7 nitrogen and oxygen atoms in total. The molecule has 0 bridgehead atoms. The summed E-state index contributed by atoms with van der Waals surface area (Å²) in [5.41, 5.74) is 4.05. The molecule has 0 aliphatic carbocycles. The molecule has 0 aliphatic rings. The van der Waals surface area contributed by atoms with Crippen LogP contribution in [0.2, 0.25) is 0 Å². The Morgan fingerprint density at radius 1 is 1.15 bits per heavy atom. The van der Waals surface area contributed by atoms with Crippen molar-refractivity contribution >= 4 is 44.3 Å². The Hall–Kier alpha value is -4.04. The summed E-state index contributed by atoms with van der Waals surface area (Å²) in [5, 5.41) is 14.2. The highest BCUT2D eigenvalue weighted by Gasteiger charge is 2.19. The zero-order chi connectivity index (χ0) is 24.0. The second kappa shape index (κ2) is 8.39. The lowest BCUT2D eigenvalue weighted by atomic mass is 10.00. The number of fused-ring (bicyclic) bond motifs is 2. The van der Waals surface area contributed by atoms with E-state index in [0.29, 0.717) is 28.0 Å². The zero-order valence-corrected chi connectivity index (χ0v) is 19.6. The van der Waals surface area contributed by atoms with E-state index in [1.807, 2.05) is 32.9 Å². The molecule has 2 aromatic carbocycles. The molecular weight excluding hydrogens is 450 g/mol. The molecule has 0 saturated carbocycles. The van der Waals surface area contributed by atoms with E-state index in [9.17, 15) is 14.7 Å². The van der Waals surface area contributed by atoms with Crippen LogP contribution in [0.4, 0.5) is 5.69 Å². The van der Waals surface area contributed by atoms with Gasteiger partial charge in [0.25, 0.3) is 0 Å². The van der Waals surface area contributed by atoms with Gasteiger partial charge in [-0.2, -0.15) is 0 Å². The first kappa shape index (κ1) is 21.8. The van der Waals surface area contributed by atoms with Crippen LogP contribution in [-0.4, -0.2) is 21.0 Å². The number of nitrogens with zero attached hydrogens (tertiary/aromatic N) is 2. The second-order valence-electron chi connectivity index (χ2n) is 8.20. The van der Waals surface area contributed by atoms with Gasteiger partial charge in [0.05, 0.1) is 22.0 Å². The molecule has 5 rings (SSSR count). The van der Waals surface area contributed by atoms with Crippen LogP contribution in [0.25, 0.3) is 32.6 Å². The number of carbonyl (C=O) groups is 1. The molecule has 3 aromatic heterocycles. The number of pyridine rings is 1. The van der Waals surface area contributed by atoms with Crippen LogP contribution in [0.3, 0.4) is 0 Å². The van der Waals surface area contributed by atoms with Gasteiger partial charge >= 0.3 is 5.97 Å². The lowest BCUT2D eigenvalue weighted by molar-refractivity contribution is 0.0698. The first-order chi connectivity index (χ1) is 16.3. The Morgan fingerprint density at radius 2 is 1.94 bits per heavy atom. The van der Waals surface area contributed by atoms with Gasteiger partial charge in [0, 0.05) is 29.1 Å². The summed E-state index contributed by atoms with van der Waals surface area (Å²) >= 11 is 1.51. The number of benzene rings is 2. The van der Waals surface area contributed by atoms with Gasteiger partial charge in [-0.05, 0) is 50.6 Å². The van der Waals surface area contributed by atoms with Gasteiger partial charge in [-0.3, -0.25) is 4.79 Å². The Labute approximate surface area is 198 Å². The average molecular weight is 472 g/mol. The van der Waals surface area contributed by atoms with Crippen molar-refractivity contribution in [1.82, 2.24) is 9.97 Å². The normalized spacial score (nSPS) is 12.2. The van der Waals surface area contributed by atoms with Crippen molar-refractivity contribution in [3.05, 3.63) is 86.6 Å². The van der Waals surface area contributed by atoms with E-state index < -0.39 is 5.97 Å². The number of thiazole rings is 1. The Kier molecular flexibility index (Phi) is 5.37. The molecule has 0 amide bonds. The summed E-state index contributed by atoms with van der Waals surface area (Å²) < 4.78 is 6.29. The number of aromatic carboxylic acids is 1. The summed E-state index contributed by atoms with van der Waals surface area (Å²) in [5.74, 6) is -0.612. The first-order valence-electron chi connectivity index (χ1n) is 10.7. The molecule has 0 spiro atoms. The molecule has 34 heavy (non-hydrogen) atoms. The number of aryl methyl sites for hydroxylation is 2. The second-order valence-corrected chi connectivity index (χ2v) is 9.39. The summed E-state index contributed by atoms with van der Waals surface area (Å²) in [6, 6.07) is 13.5. The largest absolute Gasteiger partial charge is 0.478 e. The molecule has 1 atom stereocenters. The van der Waals surface area contributed by atoms with Gasteiger partial charge in [-0.15, -0.1) is 0 Å². The molecule has 170 valence electrons. The van der Waals surface area contributed by atoms with Crippen LogP contribution in [0.5, 0.6) is 0 Å². The number of hydrogen-bond acceptors (Lipinski definition) is 7. The van der Waals surface area contributed by atoms with Crippen LogP contribution in [0.1, 0.15) is 39.5 Å². The van der Waals surface area contributed by atoms with Crippen molar-refractivity contribution in [3.63, 3.8) is 0 Å². The molecule has 8 heteroatoms. The number of rotatable bonds is 5. The minimum Gasteiger partial charge on any atom is -0.478 e. The van der Waals surface area contributed by atoms with Crippen LogP contribution in [-0.2, 0) is 0 Å². The van der Waals surface area contributed by atoms with Crippen LogP contribution in [0, 0.1) is 13.8 Å². The molecule has 0 aliphatic heterocycles. The van der Waals surface area contributed by atoms with Gasteiger partial charge in [-0.25, -0.2) is 14.8 Å². The molecule has 5 aromatic rings. The fraction of sp³-hybridized carbons (Fsp3) is 0.154. The number of carboxylic acids is 1. The van der Waals surface area contributed by atoms with E-state index in [2.05, 4.69) is 15.3 Å². The Morgan fingerprint density at radius 3 is 2.74 bits per heavy atom. The van der Waals surface area contributed by atoms with Crippen molar-refractivity contribution in [3.8, 4) is 11.3 Å². The van der Waals surface area contributed by atoms with Crippen LogP contribution in [0.15, 0.2) is 63.9 Å². The third kappa shape index (κ3) is 3.92. The average Bonchev–Trinajstić information content (AvgIpc) is 3.18. The fourth-order valence-electron chi connectivity index (χ4n) is 4.07. The number of anilines is 1. The van der Waals surface area contributed by atoms with Gasteiger partial charge < -0.3 is 14.8 Å². The van der Waals surface area contributed by atoms with Crippen LogP contribution >= 0.6 is 11.3 Å². The lowest BCUT2D eigenvalue weighted by Crippen LogP contribution is -2.12. The standard InChI is InChI=1S/C26H21N3O4S/c1-13-8-18(14(2)28-20-7-5-4-6-17(20)26(31)32)24-19(9-13)22(30)11-23(33-24)16-10-21-25(27-12-16)34-15(3)29-21/h4-12,14,28H,1-3H3,(H,31,32)/t14-/m1/s1. The SMILES string of the molecule is Cc1cc([C@@H](C)Nc2ccccc2C(=O)O)c2oc(-c3cnc4sc(C)nc4c3)cc(=O)c2c1. The summed E-state index contributed by atoms with van der Waals surface area (Å²) in [6.45, 7) is 5.75. The summed E-state index contributed by atoms with van der Waals surface area (Å²) in [6.07, 6.45) is 1.68. The third-order valence-corrected chi connectivity index (χ3v) is 6.53. The monoisotopic (exact) mass is 471 g/mol. The van der Waals surface area contributed by atoms with E-state index in [0.717, 1.165) is 26.5 Å². The van der Waals surface area contributed by atoms with E-state index in [4.69, 9.17) is 4.42 Å². The molecule has 2 N–H and O–H groups in total. The van der Waals surface area contributed by atoms with Crippen molar-refractivity contribution in [2.75, 3.05) is 5.32 Å². The maximum Gasteiger partial charge on any atom is 0.337 e. The number of hydrogen-bond donors (Lipinski definition) is 2. The maximum atomic E-state index is 13.1. The highest BCUT2D eigenvalue weighted by molar-refractivity contribution is 7.18. The smallest absolute Gasteiger partial charge is 0.337 e. The van der Waals surface area contributed by atoms with Gasteiger partial charge in [0.1, 0.15) is 21.7 Å². The first-order valence-corrected chi connectivity index (χ1v) is 11.5. The number of nitrogens with one attached hydrogen (secondary N) is 1. The minimum absolute atomic E-state index is 0.158. The topological polar surface area (TPSA) is 105 Å². The number of aromatic nitrogens is 2. The quantitative estimate of drug-likeness (QED) is 0.326. The molecule has 0 radical (unpaired) electrons. The lowest BCUT2D eigenvalue weighted by Gasteiger charge is -2.19. The van der Waals surface area contributed by atoms with Gasteiger partial charge in [0.15, 0.2) is 5.43 Å². The molecule has 0 saturated heterocycles. The van der Waals surface area contributed by atoms with E-state index in [1.54, 1.807) is 36.5 Å². The summed E-state index contributed by atoms with van der Waals surface area (Å²) in [4.78, 5) is 34.5. The van der Waals surface area contributed by atoms with Crippen molar-refractivity contribution in [2.24, 2.45) is 0 Å². The van der Waals surface area contributed by atoms with Crippen molar-refractivity contribution in [2.45, 2.75) is 26.8 Å². The molecule has 0 unspecified atom stereocenters. The Bertz CT molecular complexity index is 1640.